The first-order valence-electron chi connectivity index (χ1n) is 8.69. The lowest BCUT2D eigenvalue weighted by atomic mass is 9.95. The molecule has 6 heteroatoms. The molecule has 23 heavy (non-hydrogen) atoms. The van der Waals surface area contributed by atoms with E-state index in [4.69, 9.17) is 4.74 Å². The summed E-state index contributed by atoms with van der Waals surface area (Å²) in [7, 11) is 0. The van der Waals surface area contributed by atoms with Crippen LogP contribution in [-0.4, -0.2) is 38.4 Å². The first-order valence-corrected chi connectivity index (χ1v) is 8.69. The number of anilines is 1. The number of rotatable bonds is 4. The average molecular weight is 316 g/mol. The first-order chi connectivity index (χ1) is 11.3. The van der Waals surface area contributed by atoms with Gasteiger partial charge in [0.2, 0.25) is 0 Å². The molecule has 4 rings (SSSR count). The van der Waals surface area contributed by atoms with Crippen LogP contribution in [0.5, 0.6) is 0 Å². The Labute approximate surface area is 135 Å². The number of imidazole rings is 1. The van der Waals surface area contributed by atoms with E-state index in [0.29, 0.717) is 6.04 Å². The molecule has 1 aliphatic heterocycles. The van der Waals surface area contributed by atoms with Gasteiger partial charge in [0.15, 0.2) is 5.65 Å². The van der Waals surface area contributed by atoms with Crippen LogP contribution in [0, 0.1) is 0 Å². The third-order valence-electron chi connectivity index (χ3n) is 5.02. The van der Waals surface area contributed by atoms with Gasteiger partial charge in [0, 0.05) is 12.2 Å². The number of hydrogen-bond donors (Lipinski definition) is 2. The van der Waals surface area contributed by atoms with E-state index in [9.17, 15) is 5.11 Å². The monoisotopic (exact) mass is 316 g/mol. The molecule has 2 fully saturated rings. The lowest BCUT2D eigenvalue weighted by molar-refractivity contribution is -0.0207. The van der Waals surface area contributed by atoms with Crippen molar-refractivity contribution in [2.45, 2.75) is 63.3 Å². The quantitative estimate of drug-likeness (QED) is 0.907. The lowest BCUT2D eigenvalue weighted by Gasteiger charge is -2.24. The zero-order valence-corrected chi connectivity index (χ0v) is 13.3. The van der Waals surface area contributed by atoms with Crippen LogP contribution < -0.4 is 5.32 Å². The molecule has 1 saturated heterocycles. The predicted octanol–water partition coefficient (Wildman–Crippen LogP) is 2.85. The van der Waals surface area contributed by atoms with E-state index in [1.165, 1.54) is 32.1 Å². The Bertz CT molecular complexity index is 666. The SMILES string of the molecule is OC[C@@H]1CC[C@H](n2cnc3c(NC4CCCCC4)ccnc32)O1. The molecule has 2 aromatic heterocycles. The van der Waals surface area contributed by atoms with Gasteiger partial charge in [0.25, 0.3) is 0 Å². The molecule has 124 valence electrons. The highest BCUT2D eigenvalue weighted by Crippen LogP contribution is 2.32. The second-order valence-corrected chi connectivity index (χ2v) is 6.63. The Balaban J connectivity index is 1.59. The van der Waals surface area contributed by atoms with E-state index in [-0.39, 0.29) is 18.9 Å². The molecular weight excluding hydrogens is 292 g/mol. The Kier molecular flexibility index (Phi) is 4.18. The van der Waals surface area contributed by atoms with Crippen LogP contribution >= 0.6 is 0 Å². The molecule has 2 aliphatic rings. The zero-order valence-electron chi connectivity index (χ0n) is 13.3. The Morgan fingerprint density at radius 2 is 2.04 bits per heavy atom. The lowest BCUT2D eigenvalue weighted by Crippen LogP contribution is -2.22. The fraction of sp³-hybridized carbons (Fsp3) is 0.647. The van der Waals surface area contributed by atoms with Gasteiger partial charge in [-0.05, 0) is 31.7 Å². The standard InChI is InChI=1S/C17H24N4O2/c22-10-13-6-7-15(23-13)21-11-19-16-14(8-9-18-17(16)21)20-12-4-2-1-3-5-12/h8-9,11-13,15,22H,1-7,10H2,(H,18,20)/t13-,15+/m0/s1. The van der Waals surface area contributed by atoms with Crippen LogP contribution in [-0.2, 0) is 4.74 Å². The largest absolute Gasteiger partial charge is 0.394 e. The number of hydrogen-bond acceptors (Lipinski definition) is 5. The molecule has 3 heterocycles. The highest BCUT2D eigenvalue weighted by molar-refractivity contribution is 5.85. The Morgan fingerprint density at radius 1 is 1.17 bits per heavy atom. The summed E-state index contributed by atoms with van der Waals surface area (Å²) in [6, 6.07) is 2.56. The van der Waals surface area contributed by atoms with Crippen molar-refractivity contribution < 1.29 is 9.84 Å². The minimum atomic E-state index is -0.0745. The number of fused-ring (bicyclic) bond motifs is 1. The molecule has 2 aromatic rings. The van der Waals surface area contributed by atoms with Crippen LogP contribution in [0.15, 0.2) is 18.6 Å². The van der Waals surface area contributed by atoms with Crippen LogP contribution in [0.3, 0.4) is 0 Å². The molecule has 1 aliphatic carbocycles. The highest BCUT2D eigenvalue weighted by atomic mass is 16.5. The van der Waals surface area contributed by atoms with Crippen molar-refractivity contribution in [2.75, 3.05) is 11.9 Å². The summed E-state index contributed by atoms with van der Waals surface area (Å²) in [5.74, 6) is 0. The van der Waals surface area contributed by atoms with E-state index in [0.717, 1.165) is 29.7 Å². The summed E-state index contributed by atoms with van der Waals surface area (Å²) in [4.78, 5) is 9.08. The van der Waals surface area contributed by atoms with Crippen LogP contribution in [0.25, 0.3) is 11.2 Å². The van der Waals surface area contributed by atoms with Crippen LogP contribution in [0.1, 0.15) is 51.2 Å². The van der Waals surface area contributed by atoms with Crippen molar-refractivity contribution in [3.05, 3.63) is 18.6 Å². The summed E-state index contributed by atoms with van der Waals surface area (Å²) < 4.78 is 7.86. The molecule has 0 spiro atoms. The summed E-state index contributed by atoms with van der Waals surface area (Å²) in [5, 5.41) is 12.9. The molecule has 2 atom stereocenters. The third kappa shape index (κ3) is 2.93. The fourth-order valence-electron chi connectivity index (χ4n) is 3.75. The molecule has 0 amide bonds. The van der Waals surface area contributed by atoms with Gasteiger partial charge in [-0.3, -0.25) is 4.57 Å². The highest BCUT2D eigenvalue weighted by Gasteiger charge is 2.27. The second-order valence-electron chi connectivity index (χ2n) is 6.63. The number of ether oxygens (including phenoxy) is 1. The maximum Gasteiger partial charge on any atom is 0.164 e. The molecular formula is C17H24N4O2. The summed E-state index contributed by atoms with van der Waals surface area (Å²) in [5.41, 5.74) is 2.83. The van der Waals surface area contributed by atoms with Crippen molar-refractivity contribution >= 4 is 16.9 Å². The number of aromatic nitrogens is 3. The molecule has 0 unspecified atom stereocenters. The average Bonchev–Trinajstić information content (AvgIpc) is 3.22. The molecule has 1 saturated carbocycles. The number of aliphatic hydroxyl groups excluding tert-OH is 1. The van der Waals surface area contributed by atoms with Gasteiger partial charge in [0.1, 0.15) is 11.7 Å². The zero-order chi connectivity index (χ0) is 15.6. The van der Waals surface area contributed by atoms with Crippen molar-refractivity contribution in [3.8, 4) is 0 Å². The van der Waals surface area contributed by atoms with Crippen molar-refractivity contribution in [2.24, 2.45) is 0 Å². The number of aliphatic hydroxyl groups is 1. The summed E-state index contributed by atoms with van der Waals surface area (Å²) >= 11 is 0. The number of pyridine rings is 1. The van der Waals surface area contributed by atoms with Gasteiger partial charge in [-0.15, -0.1) is 0 Å². The maximum absolute atomic E-state index is 9.25. The van der Waals surface area contributed by atoms with Gasteiger partial charge < -0.3 is 15.2 Å². The number of nitrogens with one attached hydrogen (secondary N) is 1. The smallest absolute Gasteiger partial charge is 0.164 e. The van der Waals surface area contributed by atoms with Gasteiger partial charge >= 0.3 is 0 Å². The summed E-state index contributed by atoms with van der Waals surface area (Å²) in [6.45, 7) is 0.0744. The van der Waals surface area contributed by atoms with E-state index < -0.39 is 0 Å². The molecule has 0 bridgehead atoms. The first kappa shape index (κ1) is 14.9. The minimum Gasteiger partial charge on any atom is -0.394 e. The van der Waals surface area contributed by atoms with E-state index in [1.807, 2.05) is 23.2 Å². The van der Waals surface area contributed by atoms with E-state index in [2.05, 4.69) is 15.3 Å². The fourth-order valence-corrected chi connectivity index (χ4v) is 3.75. The van der Waals surface area contributed by atoms with Crippen molar-refractivity contribution in [1.29, 1.82) is 0 Å². The van der Waals surface area contributed by atoms with Gasteiger partial charge in [0.05, 0.1) is 24.7 Å². The van der Waals surface area contributed by atoms with Gasteiger partial charge in [-0.1, -0.05) is 19.3 Å². The summed E-state index contributed by atoms with van der Waals surface area (Å²) in [6.07, 6.45) is 11.7. The third-order valence-corrected chi connectivity index (χ3v) is 5.02. The van der Waals surface area contributed by atoms with Crippen molar-refractivity contribution in [3.63, 3.8) is 0 Å². The van der Waals surface area contributed by atoms with E-state index >= 15 is 0 Å². The number of nitrogens with zero attached hydrogens (tertiary/aromatic N) is 3. The normalized spacial score (nSPS) is 26.0. The Morgan fingerprint density at radius 3 is 2.83 bits per heavy atom. The van der Waals surface area contributed by atoms with Crippen LogP contribution in [0.2, 0.25) is 0 Å². The Hall–Kier alpha value is -1.66. The van der Waals surface area contributed by atoms with Crippen LogP contribution in [0.4, 0.5) is 5.69 Å². The predicted molar refractivity (Wildman–Crippen MR) is 88.3 cm³/mol. The van der Waals surface area contributed by atoms with Crippen molar-refractivity contribution in [1.82, 2.24) is 14.5 Å². The minimum absolute atomic E-state index is 0.0685. The molecule has 0 aromatic carbocycles. The maximum atomic E-state index is 9.25. The molecule has 0 radical (unpaired) electrons. The topological polar surface area (TPSA) is 72.2 Å². The van der Waals surface area contributed by atoms with E-state index in [1.54, 1.807) is 0 Å². The van der Waals surface area contributed by atoms with Gasteiger partial charge in [-0.2, -0.15) is 0 Å². The molecule has 6 nitrogen and oxygen atoms in total. The molecule has 2 N–H and O–H groups in total. The van der Waals surface area contributed by atoms with Gasteiger partial charge in [-0.25, -0.2) is 9.97 Å². The second kappa shape index (κ2) is 6.45.